The molecule has 2 unspecified atom stereocenters. The number of hydrogen-bond acceptors (Lipinski definition) is 2. The van der Waals surface area contributed by atoms with Crippen LogP contribution in [-0.2, 0) is 9.59 Å². The van der Waals surface area contributed by atoms with Crippen molar-refractivity contribution in [3.05, 3.63) is 0 Å². The number of nitrogens with one attached hydrogen (secondary N) is 2. The van der Waals surface area contributed by atoms with Crippen LogP contribution in [-0.4, -0.2) is 30.8 Å². The number of carbonyl (C=O) groups is 2. The molecule has 0 aromatic rings. The van der Waals surface area contributed by atoms with Gasteiger partial charge >= 0.3 is 0 Å². The molecule has 0 spiro atoms. The molecule has 1 aliphatic rings. The van der Waals surface area contributed by atoms with Gasteiger partial charge in [-0.05, 0) is 12.8 Å². The Labute approximate surface area is 88.4 Å². The Hall–Kier alpha value is -0.770. The van der Waals surface area contributed by atoms with Crippen LogP contribution >= 0.6 is 11.6 Å². The summed E-state index contributed by atoms with van der Waals surface area (Å²) in [5.74, 6) is -0.334. The minimum absolute atomic E-state index is 0.00220. The van der Waals surface area contributed by atoms with Gasteiger partial charge in [-0.15, -0.1) is 11.6 Å². The summed E-state index contributed by atoms with van der Waals surface area (Å²) in [7, 11) is 1.61. The quantitative estimate of drug-likeness (QED) is 0.668. The molecule has 1 aliphatic carbocycles. The Morgan fingerprint density at radius 2 is 2.14 bits per heavy atom. The van der Waals surface area contributed by atoms with Crippen LogP contribution in [0.1, 0.15) is 19.3 Å². The maximum Gasteiger partial charge on any atom is 0.235 e. The first-order valence-corrected chi connectivity index (χ1v) is 5.29. The number of rotatable bonds is 3. The fourth-order valence-electron chi connectivity index (χ4n) is 1.88. The lowest BCUT2D eigenvalue weighted by Crippen LogP contribution is -2.43. The molecule has 0 aromatic carbocycles. The molecule has 0 heterocycles. The van der Waals surface area contributed by atoms with Crippen LogP contribution in [0.5, 0.6) is 0 Å². The molecule has 14 heavy (non-hydrogen) atoms. The Balaban J connectivity index is 2.51. The number of halogens is 1. The Bertz CT molecular complexity index is 233. The zero-order chi connectivity index (χ0) is 10.6. The summed E-state index contributed by atoms with van der Waals surface area (Å²) in [4.78, 5) is 22.4. The van der Waals surface area contributed by atoms with Gasteiger partial charge in [0.05, 0.1) is 5.92 Å². The molecular weight excluding hydrogens is 204 g/mol. The molecule has 1 rings (SSSR count). The summed E-state index contributed by atoms with van der Waals surface area (Å²) in [5, 5.41) is 5.37. The summed E-state index contributed by atoms with van der Waals surface area (Å²) < 4.78 is 0. The monoisotopic (exact) mass is 218 g/mol. The number of alkyl halides is 1. The minimum Gasteiger partial charge on any atom is -0.359 e. The first-order valence-electron chi connectivity index (χ1n) is 4.76. The molecule has 0 radical (unpaired) electrons. The number of amides is 2. The van der Waals surface area contributed by atoms with Gasteiger partial charge in [-0.1, -0.05) is 6.42 Å². The van der Waals surface area contributed by atoms with Crippen LogP contribution in [0.25, 0.3) is 0 Å². The maximum atomic E-state index is 11.4. The van der Waals surface area contributed by atoms with Crippen LogP contribution in [0.4, 0.5) is 0 Å². The van der Waals surface area contributed by atoms with Gasteiger partial charge in [0.25, 0.3) is 0 Å². The zero-order valence-corrected chi connectivity index (χ0v) is 8.93. The van der Waals surface area contributed by atoms with Crippen molar-refractivity contribution in [2.45, 2.75) is 25.3 Å². The van der Waals surface area contributed by atoms with E-state index in [0.717, 1.165) is 19.3 Å². The van der Waals surface area contributed by atoms with E-state index >= 15 is 0 Å². The molecule has 0 bridgehead atoms. The van der Waals surface area contributed by atoms with Crippen molar-refractivity contribution in [1.82, 2.24) is 10.6 Å². The molecule has 2 atom stereocenters. The lowest BCUT2D eigenvalue weighted by atomic mass is 10.0. The van der Waals surface area contributed by atoms with E-state index in [4.69, 9.17) is 11.6 Å². The number of carbonyl (C=O) groups excluding carboxylic acids is 2. The van der Waals surface area contributed by atoms with Crippen LogP contribution in [0.3, 0.4) is 0 Å². The molecular formula is C9H15ClN2O2. The second kappa shape index (κ2) is 5.20. The van der Waals surface area contributed by atoms with Gasteiger partial charge in [-0.2, -0.15) is 0 Å². The Morgan fingerprint density at radius 1 is 1.43 bits per heavy atom. The second-order valence-corrected chi connectivity index (χ2v) is 3.73. The van der Waals surface area contributed by atoms with E-state index in [9.17, 15) is 9.59 Å². The van der Waals surface area contributed by atoms with E-state index in [1.165, 1.54) is 0 Å². The van der Waals surface area contributed by atoms with Crippen molar-refractivity contribution < 1.29 is 9.59 Å². The van der Waals surface area contributed by atoms with E-state index in [0.29, 0.717) is 0 Å². The van der Waals surface area contributed by atoms with Gasteiger partial charge in [0.15, 0.2) is 0 Å². The third-order valence-corrected chi connectivity index (χ3v) is 2.81. The van der Waals surface area contributed by atoms with Gasteiger partial charge in [0, 0.05) is 13.1 Å². The van der Waals surface area contributed by atoms with E-state index in [-0.39, 0.29) is 29.7 Å². The lowest BCUT2D eigenvalue weighted by molar-refractivity contribution is -0.125. The largest absolute Gasteiger partial charge is 0.359 e. The highest BCUT2D eigenvalue weighted by atomic mass is 35.5. The summed E-state index contributed by atoms with van der Waals surface area (Å²) >= 11 is 5.38. The average molecular weight is 219 g/mol. The van der Waals surface area contributed by atoms with Crippen molar-refractivity contribution in [2.75, 3.05) is 12.9 Å². The molecule has 1 fully saturated rings. The van der Waals surface area contributed by atoms with Crippen LogP contribution in [0.2, 0.25) is 0 Å². The van der Waals surface area contributed by atoms with Crippen molar-refractivity contribution >= 4 is 23.4 Å². The smallest absolute Gasteiger partial charge is 0.235 e. The maximum absolute atomic E-state index is 11.4. The highest BCUT2D eigenvalue weighted by Gasteiger charge is 2.33. The molecule has 80 valence electrons. The highest BCUT2D eigenvalue weighted by molar-refractivity contribution is 6.27. The lowest BCUT2D eigenvalue weighted by Gasteiger charge is -2.18. The molecule has 2 amide bonds. The third kappa shape index (κ3) is 2.61. The van der Waals surface area contributed by atoms with Crippen molar-refractivity contribution in [3.63, 3.8) is 0 Å². The van der Waals surface area contributed by atoms with E-state index < -0.39 is 0 Å². The van der Waals surface area contributed by atoms with Gasteiger partial charge in [-0.3, -0.25) is 9.59 Å². The van der Waals surface area contributed by atoms with Crippen molar-refractivity contribution in [3.8, 4) is 0 Å². The van der Waals surface area contributed by atoms with Gasteiger partial charge in [0.1, 0.15) is 5.88 Å². The molecule has 0 aliphatic heterocycles. The number of hydrogen-bond donors (Lipinski definition) is 2. The Morgan fingerprint density at radius 3 is 2.71 bits per heavy atom. The van der Waals surface area contributed by atoms with Gasteiger partial charge in [-0.25, -0.2) is 0 Å². The van der Waals surface area contributed by atoms with E-state index in [1.807, 2.05) is 0 Å². The normalized spacial score (nSPS) is 25.9. The summed E-state index contributed by atoms with van der Waals surface area (Å²) in [6.07, 6.45) is 2.68. The first kappa shape index (κ1) is 11.3. The fraction of sp³-hybridized carbons (Fsp3) is 0.778. The highest BCUT2D eigenvalue weighted by Crippen LogP contribution is 2.25. The van der Waals surface area contributed by atoms with Crippen LogP contribution in [0.15, 0.2) is 0 Å². The minimum atomic E-state index is -0.201. The van der Waals surface area contributed by atoms with Crippen LogP contribution in [0, 0.1) is 5.92 Å². The SMILES string of the molecule is CNC(=O)C1CCCC1NC(=O)CCl. The topological polar surface area (TPSA) is 58.2 Å². The summed E-state index contributed by atoms with van der Waals surface area (Å²) in [6.45, 7) is 0. The molecule has 0 aromatic heterocycles. The van der Waals surface area contributed by atoms with Gasteiger partial charge in [0.2, 0.25) is 11.8 Å². The predicted octanol–water partition coefficient (Wildman–Crippen LogP) is 0.256. The first-order chi connectivity index (χ1) is 6.69. The summed E-state index contributed by atoms with van der Waals surface area (Å²) in [5.41, 5.74) is 0. The van der Waals surface area contributed by atoms with E-state index in [1.54, 1.807) is 7.05 Å². The Kier molecular flexibility index (Phi) is 4.20. The van der Waals surface area contributed by atoms with Gasteiger partial charge < -0.3 is 10.6 Å². The average Bonchev–Trinajstić information content (AvgIpc) is 2.64. The standard InChI is InChI=1S/C9H15ClN2O2/c1-11-9(14)6-3-2-4-7(6)12-8(13)5-10/h6-7H,2-5H2,1H3,(H,11,14)(H,12,13). The fourth-order valence-corrected chi connectivity index (χ4v) is 1.95. The second-order valence-electron chi connectivity index (χ2n) is 3.46. The molecule has 4 nitrogen and oxygen atoms in total. The molecule has 0 saturated heterocycles. The third-order valence-electron chi connectivity index (χ3n) is 2.57. The van der Waals surface area contributed by atoms with E-state index in [2.05, 4.69) is 10.6 Å². The van der Waals surface area contributed by atoms with Crippen molar-refractivity contribution in [1.29, 1.82) is 0 Å². The van der Waals surface area contributed by atoms with Crippen molar-refractivity contribution in [2.24, 2.45) is 5.92 Å². The molecule has 2 N–H and O–H groups in total. The predicted molar refractivity (Wildman–Crippen MR) is 54.1 cm³/mol. The molecule has 5 heteroatoms. The molecule has 1 saturated carbocycles. The summed E-state index contributed by atoms with van der Waals surface area (Å²) in [6, 6.07) is -0.0406. The van der Waals surface area contributed by atoms with Crippen LogP contribution < -0.4 is 10.6 Å². The zero-order valence-electron chi connectivity index (χ0n) is 8.18.